The molecule has 3 heterocycles. The maximum absolute atomic E-state index is 12.4. The van der Waals surface area contributed by atoms with Crippen molar-refractivity contribution in [1.82, 2.24) is 25.2 Å². The summed E-state index contributed by atoms with van der Waals surface area (Å²) in [6.07, 6.45) is 0.805. The SMILES string of the molecule is CNC(=O)N1CCCN(c2nc(-c3ccc(NC(=O)Nc4ccc(Cl)cc4)cc3)nc(N3CCOCC3)n2)CC1. The second kappa shape index (κ2) is 12.8. The summed E-state index contributed by atoms with van der Waals surface area (Å²) < 4.78 is 5.52. The molecule has 1 aromatic heterocycles. The molecule has 5 rings (SSSR count). The molecule has 40 heavy (non-hydrogen) atoms. The Balaban J connectivity index is 1.34. The van der Waals surface area contributed by atoms with Crippen LogP contribution in [0.2, 0.25) is 5.02 Å². The normalized spacial score (nSPS) is 15.8. The maximum atomic E-state index is 12.4. The number of anilines is 4. The first-order valence-corrected chi connectivity index (χ1v) is 13.6. The van der Waals surface area contributed by atoms with Gasteiger partial charge < -0.3 is 35.4 Å². The van der Waals surface area contributed by atoms with Crippen molar-refractivity contribution in [3.63, 3.8) is 0 Å². The topological polar surface area (TPSA) is 128 Å². The number of morpholine rings is 1. The molecule has 0 atom stereocenters. The van der Waals surface area contributed by atoms with Crippen molar-refractivity contribution in [3.8, 4) is 11.4 Å². The molecule has 0 aliphatic carbocycles. The summed E-state index contributed by atoms with van der Waals surface area (Å²) in [6, 6.07) is 13.8. The lowest BCUT2D eigenvalue weighted by molar-refractivity contribution is 0.122. The highest BCUT2D eigenvalue weighted by atomic mass is 35.5. The lowest BCUT2D eigenvalue weighted by Gasteiger charge is -2.28. The van der Waals surface area contributed by atoms with Gasteiger partial charge >= 0.3 is 12.1 Å². The molecule has 2 saturated heterocycles. The number of carbonyl (C=O) groups is 2. The molecule has 0 radical (unpaired) electrons. The predicted octanol–water partition coefficient (Wildman–Crippen LogP) is 3.52. The summed E-state index contributed by atoms with van der Waals surface area (Å²) in [5.74, 6) is 1.71. The lowest BCUT2D eigenvalue weighted by Crippen LogP contribution is -2.41. The molecule has 4 amide bonds. The molecule has 2 aliphatic rings. The number of ether oxygens (including phenoxy) is 1. The van der Waals surface area contributed by atoms with E-state index in [9.17, 15) is 9.59 Å². The molecule has 2 aromatic carbocycles. The van der Waals surface area contributed by atoms with Crippen molar-refractivity contribution in [2.75, 3.05) is 80.0 Å². The molecule has 0 bridgehead atoms. The largest absolute Gasteiger partial charge is 0.378 e. The molecular weight excluding hydrogens is 534 g/mol. The van der Waals surface area contributed by atoms with E-state index in [-0.39, 0.29) is 12.1 Å². The second-order valence-corrected chi connectivity index (χ2v) is 9.84. The minimum absolute atomic E-state index is 0.0808. The Hall–Kier alpha value is -4.16. The summed E-state index contributed by atoms with van der Waals surface area (Å²) in [5.41, 5.74) is 2.06. The van der Waals surface area contributed by atoms with Crippen molar-refractivity contribution in [1.29, 1.82) is 0 Å². The van der Waals surface area contributed by atoms with Crippen LogP contribution in [0.3, 0.4) is 0 Å². The van der Waals surface area contributed by atoms with Crippen LogP contribution in [0, 0.1) is 0 Å². The molecule has 210 valence electrons. The van der Waals surface area contributed by atoms with Crippen molar-refractivity contribution in [2.24, 2.45) is 0 Å². The molecule has 3 aromatic rings. The third-order valence-corrected chi connectivity index (χ3v) is 6.94. The Labute approximate surface area is 237 Å². The Morgan fingerprint density at radius 2 is 1.38 bits per heavy atom. The van der Waals surface area contributed by atoms with Crippen LogP contribution in [0.15, 0.2) is 48.5 Å². The van der Waals surface area contributed by atoms with Gasteiger partial charge in [-0.05, 0) is 55.0 Å². The van der Waals surface area contributed by atoms with E-state index in [1.807, 2.05) is 24.3 Å². The van der Waals surface area contributed by atoms with Crippen molar-refractivity contribution in [3.05, 3.63) is 53.6 Å². The number of rotatable bonds is 5. The van der Waals surface area contributed by atoms with Gasteiger partial charge in [0.1, 0.15) is 0 Å². The van der Waals surface area contributed by atoms with Crippen LogP contribution < -0.4 is 25.8 Å². The van der Waals surface area contributed by atoms with Crippen LogP contribution in [0.5, 0.6) is 0 Å². The van der Waals surface area contributed by atoms with E-state index >= 15 is 0 Å². The van der Waals surface area contributed by atoms with Crippen LogP contribution in [0.1, 0.15) is 6.42 Å². The molecule has 0 saturated carbocycles. The number of benzene rings is 2. The first-order chi connectivity index (χ1) is 19.5. The first kappa shape index (κ1) is 27.4. The van der Waals surface area contributed by atoms with Crippen molar-refractivity contribution in [2.45, 2.75) is 6.42 Å². The number of nitrogens with zero attached hydrogens (tertiary/aromatic N) is 6. The average molecular weight is 566 g/mol. The fourth-order valence-corrected chi connectivity index (χ4v) is 4.66. The third-order valence-electron chi connectivity index (χ3n) is 6.69. The monoisotopic (exact) mass is 565 g/mol. The number of halogens is 1. The van der Waals surface area contributed by atoms with Crippen LogP contribution in [0.25, 0.3) is 11.4 Å². The summed E-state index contributed by atoms with van der Waals surface area (Å²) in [5, 5.41) is 8.91. The van der Waals surface area contributed by atoms with Gasteiger partial charge in [0, 0.05) is 68.3 Å². The van der Waals surface area contributed by atoms with Crippen LogP contribution in [-0.2, 0) is 4.74 Å². The van der Waals surface area contributed by atoms with E-state index in [1.165, 1.54) is 0 Å². The first-order valence-electron chi connectivity index (χ1n) is 13.2. The smallest absolute Gasteiger partial charge is 0.323 e. The number of nitrogens with one attached hydrogen (secondary N) is 3. The van der Waals surface area contributed by atoms with Crippen molar-refractivity contribution < 1.29 is 14.3 Å². The van der Waals surface area contributed by atoms with Crippen LogP contribution in [0.4, 0.5) is 32.9 Å². The number of carbonyl (C=O) groups excluding carboxylic acids is 2. The van der Waals surface area contributed by atoms with Gasteiger partial charge in [0.25, 0.3) is 0 Å². The maximum Gasteiger partial charge on any atom is 0.323 e. The van der Waals surface area contributed by atoms with Gasteiger partial charge in [0.15, 0.2) is 5.82 Å². The predicted molar refractivity (Wildman–Crippen MR) is 155 cm³/mol. The van der Waals surface area contributed by atoms with Crippen LogP contribution >= 0.6 is 11.6 Å². The molecular formula is C27H32ClN9O3. The van der Waals surface area contributed by atoms with Gasteiger partial charge in [-0.25, -0.2) is 9.59 Å². The summed E-state index contributed by atoms with van der Waals surface area (Å²) >= 11 is 5.91. The zero-order chi connectivity index (χ0) is 27.9. The number of aromatic nitrogens is 3. The highest BCUT2D eigenvalue weighted by Gasteiger charge is 2.23. The van der Waals surface area contributed by atoms with E-state index in [1.54, 1.807) is 36.2 Å². The van der Waals surface area contributed by atoms with Gasteiger partial charge in [0.05, 0.1) is 13.2 Å². The van der Waals surface area contributed by atoms with E-state index in [4.69, 9.17) is 31.3 Å². The lowest BCUT2D eigenvalue weighted by atomic mass is 10.2. The second-order valence-electron chi connectivity index (χ2n) is 9.40. The minimum Gasteiger partial charge on any atom is -0.378 e. The average Bonchev–Trinajstić information content (AvgIpc) is 3.25. The van der Waals surface area contributed by atoms with Gasteiger partial charge in [-0.2, -0.15) is 15.0 Å². The molecule has 0 unspecified atom stereocenters. The molecule has 3 N–H and O–H groups in total. The molecule has 0 spiro atoms. The molecule has 13 heteroatoms. The standard InChI is InChI=1S/C27H32ClN9O3/c1-29-27(39)37-12-2-11-35(13-14-37)24-32-23(33-25(34-24)36-15-17-40-18-16-36)19-3-7-21(8-4-19)30-26(38)31-22-9-5-20(28)6-10-22/h3-10H,2,11-18H2,1H3,(H,29,39)(H2,30,31,38). The van der Waals surface area contributed by atoms with Gasteiger partial charge in [0.2, 0.25) is 11.9 Å². The third kappa shape index (κ3) is 6.88. The number of amides is 4. The zero-order valence-electron chi connectivity index (χ0n) is 22.3. The Morgan fingerprint density at radius 3 is 2.00 bits per heavy atom. The highest BCUT2D eigenvalue weighted by molar-refractivity contribution is 6.30. The Kier molecular flexibility index (Phi) is 8.77. The summed E-state index contributed by atoms with van der Waals surface area (Å²) in [6.45, 7) is 5.20. The minimum atomic E-state index is -0.362. The zero-order valence-corrected chi connectivity index (χ0v) is 23.0. The number of hydrogen-bond donors (Lipinski definition) is 3. The highest BCUT2D eigenvalue weighted by Crippen LogP contribution is 2.24. The Morgan fingerprint density at radius 1 is 0.775 bits per heavy atom. The quantitative estimate of drug-likeness (QED) is 0.429. The van der Waals surface area contributed by atoms with E-state index < -0.39 is 0 Å². The summed E-state index contributed by atoms with van der Waals surface area (Å²) in [7, 11) is 1.64. The van der Waals surface area contributed by atoms with Crippen molar-refractivity contribution >= 4 is 46.9 Å². The van der Waals surface area contributed by atoms with Crippen LogP contribution in [-0.4, -0.2) is 91.4 Å². The fraction of sp³-hybridized carbons (Fsp3) is 0.370. The van der Waals surface area contributed by atoms with Gasteiger partial charge in [-0.15, -0.1) is 0 Å². The van der Waals surface area contributed by atoms with Gasteiger partial charge in [-0.3, -0.25) is 0 Å². The molecule has 12 nitrogen and oxygen atoms in total. The number of hydrogen-bond acceptors (Lipinski definition) is 8. The Bertz CT molecular complexity index is 1320. The number of urea groups is 2. The van der Waals surface area contributed by atoms with Gasteiger partial charge in [-0.1, -0.05) is 11.6 Å². The van der Waals surface area contributed by atoms with E-state index in [2.05, 4.69) is 25.8 Å². The van der Waals surface area contributed by atoms with E-state index in [0.29, 0.717) is 80.1 Å². The summed E-state index contributed by atoms with van der Waals surface area (Å²) in [4.78, 5) is 45.0. The molecule has 2 aliphatic heterocycles. The molecule has 2 fully saturated rings. The van der Waals surface area contributed by atoms with E-state index in [0.717, 1.165) is 18.5 Å². The fourth-order valence-electron chi connectivity index (χ4n) is 4.54.